The van der Waals surface area contributed by atoms with Crippen molar-refractivity contribution in [3.05, 3.63) is 12.7 Å². The lowest BCUT2D eigenvalue weighted by atomic mass is 9.75. The lowest BCUT2D eigenvalue weighted by molar-refractivity contribution is -0.149. The zero-order valence-electron chi connectivity index (χ0n) is 10.0. The molecule has 1 aliphatic carbocycles. The summed E-state index contributed by atoms with van der Waals surface area (Å²) in [6.07, 6.45) is 4.79. The van der Waals surface area contributed by atoms with Crippen LogP contribution in [0.25, 0.3) is 0 Å². The predicted molar refractivity (Wildman–Crippen MR) is 61.4 cm³/mol. The minimum absolute atomic E-state index is 0.0965. The van der Waals surface area contributed by atoms with E-state index in [9.17, 15) is 4.79 Å². The number of rotatable bonds is 3. The summed E-state index contributed by atoms with van der Waals surface area (Å²) in [5.74, 6) is 1.49. The van der Waals surface area contributed by atoms with Gasteiger partial charge in [0.15, 0.2) is 0 Å². The molecule has 1 saturated carbocycles. The molecule has 1 fully saturated rings. The van der Waals surface area contributed by atoms with Gasteiger partial charge >= 0.3 is 5.97 Å². The quantitative estimate of drug-likeness (QED) is 0.528. The van der Waals surface area contributed by atoms with Crippen LogP contribution >= 0.6 is 0 Å². The van der Waals surface area contributed by atoms with Crippen LogP contribution in [0.4, 0.5) is 0 Å². The monoisotopic (exact) mass is 210 g/mol. The molecule has 1 aliphatic rings. The fourth-order valence-corrected chi connectivity index (χ4v) is 2.45. The van der Waals surface area contributed by atoms with Crippen molar-refractivity contribution in [3.8, 4) is 0 Å². The first-order chi connectivity index (χ1) is 7.04. The van der Waals surface area contributed by atoms with Crippen molar-refractivity contribution in [1.82, 2.24) is 0 Å². The molecule has 0 bridgehead atoms. The summed E-state index contributed by atoms with van der Waals surface area (Å²) in [6.45, 7) is 10.1. The Morgan fingerprint density at radius 1 is 1.47 bits per heavy atom. The van der Waals surface area contributed by atoms with Gasteiger partial charge in [-0.25, -0.2) is 4.79 Å². The van der Waals surface area contributed by atoms with Gasteiger partial charge < -0.3 is 4.74 Å². The van der Waals surface area contributed by atoms with Gasteiger partial charge in [-0.2, -0.15) is 0 Å². The van der Waals surface area contributed by atoms with E-state index in [-0.39, 0.29) is 12.1 Å². The molecule has 2 nitrogen and oxygen atoms in total. The van der Waals surface area contributed by atoms with Crippen LogP contribution in [0, 0.1) is 17.8 Å². The maximum atomic E-state index is 11.2. The SMILES string of the molecule is C=CC(=O)OC1CC(C)CCC1C(C)C. The van der Waals surface area contributed by atoms with Crippen LogP contribution in [0.3, 0.4) is 0 Å². The van der Waals surface area contributed by atoms with Gasteiger partial charge in [0.1, 0.15) is 6.10 Å². The van der Waals surface area contributed by atoms with E-state index < -0.39 is 0 Å². The molecule has 3 unspecified atom stereocenters. The van der Waals surface area contributed by atoms with Crippen molar-refractivity contribution in [2.45, 2.75) is 46.1 Å². The Hall–Kier alpha value is -0.790. The Bertz CT molecular complexity index is 233. The van der Waals surface area contributed by atoms with Crippen LogP contribution in [0.15, 0.2) is 12.7 Å². The van der Waals surface area contributed by atoms with Crippen LogP contribution < -0.4 is 0 Å². The molecule has 2 heteroatoms. The second-order valence-electron chi connectivity index (χ2n) is 5.01. The molecule has 0 radical (unpaired) electrons. The van der Waals surface area contributed by atoms with Crippen molar-refractivity contribution >= 4 is 5.97 Å². The molecule has 0 saturated heterocycles. The number of carbonyl (C=O) groups is 1. The molecular weight excluding hydrogens is 188 g/mol. The smallest absolute Gasteiger partial charge is 0.330 e. The highest BCUT2D eigenvalue weighted by Gasteiger charge is 2.32. The molecule has 0 heterocycles. The van der Waals surface area contributed by atoms with E-state index in [4.69, 9.17) is 4.74 Å². The third kappa shape index (κ3) is 3.37. The van der Waals surface area contributed by atoms with E-state index in [2.05, 4.69) is 27.4 Å². The summed E-state index contributed by atoms with van der Waals surface area (Å²) in [5.41, 5.74) is 0. The van der Waals surface area contributed by atoms with E-state index in [1.54, 1.807) is 0 Å². The Balaban J connectivity index is 2.61. The minimum atomic E-state index is -0.278. The molecule has 0 aromatic heterocycles. The Morgan fingerprint density at radius 2 is 2.13 bits per heavy atom. The summed E-state index contributed by atoms with van der Waals surface area (Å²) in [5, 5.41) is 0. The van der Waals surface area contributed by atoms with E-state index in [1.165, 1.54) is 18.9 Å². The summed E-state index contributed by atoms with van der Waals surface area (Å²) in [4.78, 5) is 11.2. The summed E-state index contributed by atoms with van der Waals surface area (Å²) in [7, 11) is 0. The summed E-state index contributed by atoms with van der Waals surface area (Å²) in [6, 6.07) is 0. The largest absolute Gasteiger partial charge is 0.459 e. The lowest BCUT2D eigenvalue weighted by Gasteiger charge is -2.36. The van der Waals surface area contributed by atoms with Gasteiger partial charge in [-0.05, 0) is 30.6 Å². The van der Waals surface area contributed by atoms with Crippen LogP contribution in [0.5, 0.6) is 0 Å². The van der Waals surface area contributed by atoms with Gasteiger partial charge in [-0.3, -0.25) is 0 Å². The number of hydrogen-bond acceptors (Lipinski definition) is 2. The Kier molecular flexibility index (Phi) is 4.37. The molecule has 86 valence electrons. The fraction of sp³-hybridized carbons (Fsp3) is 0.769. The highest BCUT2D eigenvalue weighted by molar-refractivity contribution is 5.81. The van der Waals surface area contributed by atoms with Gasteiger partial charge in [0.25, 0.3) is 0 Å². The zero-order valence-corrected chi connectivity index (χ0v) is 10.0. The minimum Gasteiger partial charge on any atom is -0.459 e. The van der Waals surface area contributed by atoms with E-state index in [1.807, 2.05) is 0 Å². The number of esters is 1. The molecule has 0 spiro atoms. The third-order valence-electron chi connectivity index (χ3n) is 3.40. The van der Waals surface area contributed by atoms with Crippen molar-refractivity contribution in [2.24, 2.45) is 17.8 Å². The lowest BCUT2D eigenvalue weighted by Crippen LogP contribution is -2.35. The second-order valence-corrected chi connectivity index (χ2v) is 5.01. The van der Waals surface area contributed by atoms with Gasteiger partial charge in [0, 0.05) is 6.08 Å². The average molecular weight is 210 g/mol. The topological polar surface area (TPSA) is 26.3 Å². The van der Waals surface area contributed by atoms with Crippen LogP contribution in [-0.2, 0) is 9.53 Å². The van der Waals surface area contributed by atoms with E-state index in [0.29, 0.717) is 17.8 Å². The molecule has 0 aliphatic heterocycles. The highest BCUT2D eigenvalue weighted by atomic mass is 16.5. The van der Waals surface area contributed by atoms with Gasteiger partial charge in [0.2, 0.25) is 0 Å². The maximum absolute atomic E-state index is 11.2. The normalized spacial score (nSPS) is 31.3. The molecule has 0 aromatic carbocycles. The first-order valence-electron chi connectivity index (χ1n) is 5.87. The van der Waals surface area contributed by atoms with Crippen molar-refractivity contribution in [2.75, 3.05) is 0 Å². The average Bonchev–Trinajstić information content (AvgIpc) is 2.17. The molecule has 1 rings (SSSR count). The van der Waals surface area contributed by atoms with Crippen LogP contribution in [0.2, 0.25) is 0 Å². The van der Waals surface area contributed by atoms with Gasteiger partial charge in [0.05, 0.1) is 0 Å². The molecule has 0 N–H and O–H groups in total. The van der Waals surface area contributed by atoms with Crippen LogP contribution in [-0.4, -0.2) is 12.1 Å². The second kappa shape index (κ2) is 5.34. The molecule has 0 amide bonds. The zero-order chi connectivity index (χ0) is 11.4. The first kappa shape index (κ1) is 12.3. The Labute approximate surface area is 92.7 Å². The van der Waals surface area contributed by atoms with Gasteiger partial charge in [-0.1, -0.05) is 33.8 Å². The fourth-order valence-electron chi connectivity index (χ4n) is 2.45. The standard InChI is InChI=1S/C13H22O2/c1-5-13(14)15-12-8-10(4)6-7-11(12)9(2)3/h5,9-12H,1,6-8H2,2-4H3. The molecule has 0 aromatic rings. The molecular formula is C13H22O2. The maximum Gasteiger partial charge on any atom is 0.330 e. The van der Waals surface area contributed by atoms with Crippen molar-refractivity contribution in [3.63, 3.8) is 0 Å². The third-order valence-corrected chi connectivity index (χ3v) is 3.40. The first-order valence-corrected chi connectivity index (χ1v) is 5.87. The summed E-state index contributed by atoms with van der Waals surface area (Å²) >= 11 is 0. The Morgan fingerprint density at radius 3 is 2.67 bits per heavy atom. The number of hydrogen-bond donors (Lipinski definition) is 0. The number of ether oxygens (including phenoxy) is 1. The van der Waals surface area contributed by atoms with Crippen LogP contribution in [0.1, 0.15) is 40.0 Å². The molecule has 3 atom stereocenters. The predicted octanol–water partition coefficient (Wildman–Crippen LogP) is 3.18. The number of carbonyl (C=O) groups excluding carboxylic acids is 1. The molecule has 15 heavy (non-hydrogen) atoms. The van der Waals surface area contributed by atoms with E-state index in [0.717, 1.165) is 6.42 Å². The van der Waals surface area contributed by atoms with Crippen molar-refractivity contribution < 1.29 is 9.53 Å². The van der Waals surface area contributed by atoms with Crippen molar-refractivity contribution in [1.29, 1.82) is 0 Å². The van der Waals surface area contributed by atoms with Gasteiger partial charge in [-0.15, -0.1) is 0 Å². The van der Waals surface area contributed by atoms with E-state index >= 15 is 0 Å². The highest BCUT2D eigenvalue weighted by Crippen LogP contribution is 2.35. The summed E-state index contributed by atoms with van der Waals surface area (Å²) < 4.78 is 5.43.